The fourth-order valence-corrected chi connectivity index (χ4v) is 3.42. The Morgan fingerprint density at radius 2 is 1.41 bits per heavy atom. The van der Waals surface area contributed by atoms with Gasteiger partial charge in [-0.15, -0.1) is 0 Å². The third-order valence-electron chi connectivity index (χ3n) is 4.96. The van der Waals surface area contributed by atoms with Crippen LogP contribution in [0.5, 0.6) is 11.5 Å². The molecule has 1 aromatic rings. The highest BCUT2D eigenvalue weighted by molar-refractivity contribution is 6.34. The van der Waals surface area contributed by atoms with E-state index >= 15 is 0 Å². The van der Waals surface area contributed by atoms with E-state index in [1.54, 1.807) is 23.1 Å². The molecule has 3 aliphatic rings. The summed E-state index contributed by atoms with van der Waals surface area (Å²) >= 11 is 0. The van der Waals surface area contributed by atoms with Gasteiger partial charge < -0.3 is 28.9 Å². The molecule has 3 heterocycles. The monoisotopic (exact) mass is 375 g/mol. The van der Waals surface area contributed by atoms with Gasteiger partial charge in [0.05, 0.1) is 18.8 Å². The first-order valence-corrected chi connectivity index (χ1v) is 8.99. The summed E-state index contributed by atoms with van der Waals surface area (Å²) in [5.74, 6) is -0.149. The minimum atomic E-state index is -0.513. The minimum Gasteiger partial charge on any atom is -0.454 e. The summed E-state index contributed by atoms with van der Waals surface area (Å²) in [5, 5.41) is 0. The van der Waals surface area contributed by atoms with Gasteiger partial charge in [-0.25, -0.2) is 0 Å². The van der Waals surface area contributed by atoms with Crippen molar-refractivity contribution >= 4 is 17.7 Å². The lowest BCUT2D eigenvalue weighted by Gasteiger charge is -2.36. The number of carbonyl (C=O) groups excluding carboxylic acids is 3. The molecule has 0 bridgehead atoms. The molecule has 27 heavy (non-hydrogen) atoms. The molecule has 3 aliphatic heterocycles. The van der Waals surface area contributed by atoms with Crippen molar-refractivity contribution in [1.29, 1.82) is 0 Å². The number of benzene rings is 1. The Morgan fingerprint density at radius 1 is 0.778 bits per heavy atom. The summed E-state index contributed by atoms with van der Waals surface area (Å²) in [7, 11) is 0. The van der Waals surface area contributed by atoms with Gasteiger partial charge in [0.1, 0.15) is 0 Å². The molecule has 0 N–H and O–H groups in total. The Bertz CT molecular complexity index is 753. The summed E-state index contributed by atoms with van der Waals surface area (Å²) in [6.07, 6.45) is 0. The molecule has 2 saturated heterocycles. The van der Waals surface area contributed by atoms with Crippen molar-refractivity contribution in [3.05, 3.63) is 23.8 Å². The highest BCUT2D eigenvalue weighted by atomic mass is 16.7. The van der Waals surface area contributed by atoms with Crippen LogP contribution >= 0.6 is 0 Å². The Balaban J connectivity index is 1.36. The zero-order valence-corrected chi connectivity index (χ0v) is 14.9. The minimum absolute atomic E-state index is 0.103. The number of ether oxygens (including phenoxy) is 3. The van der Waals surface area contributed by atoms with Crippen molar-refractivity contribution in [2.24, 2.45) is 0 Å². The molecule has 144 valence electrons. The van der Waals surface area contributed by atoms with Crippen LogP contribution in [-0.4, -0.2) is 91.7 Å². The van der Waals surface area contributed by atoms with Gasteiger partial charge in [0.15, 0.2) is 11.5 Å². The second-order valence-electron chi connectivity index (χ2n) is 6.53. The van der Waals surface area contributed by atoms with Crippen LogP contribution in [0, 0.1) is 0 Å². The fourth-order valence-electron chi connectivity index (χ4n) is 3.42. The summed E-state index contributed by atoms with van der Waals surface area (Å²) in [5.41, 5.74) is 0.453. The van der Waals surface area contributed by atoms with Gasteiger partial charge in [-0.1, -0.05) is 6.07 Å². The first-order valence-electron chi connectivity index (χ1n) is 8.99. The van der Waals surface area contributed by atoms with Gasteiger partial charge in [-0.05, 0) is 12.1 Å². The van der Waals surface area contributed by atoms with Crippen LogP contribution in [0.15, 0.2) is 18.2 Å². The molecule has 3 amide bonds. The van der Waals surface area contributed by atoms with Crippen LogP contribution in [0.3, 0.4) is 0 Å². The molecule has 0 radical (unpaired) electrons. The number of morpholine rings is 1. The van der Waals surface area contributed by atoms with Crippen LogP contribution in [0.1, 0.15) is 10.4 Å². The SMILES string of the molecule is O=C(C(=O)N1CCN(C(=O)c2cccc3c2OCO3)CC1)N1CCOCC1. The lowest BCUT2D eigenvalue weighted by Crippen LogP contribution is -2.55. The lowest BCUT2D eigenvalue weighted by atomic mass is 10.1. The maximum atomic E-state index is 12.8. The molecule has 0 aromatic heterocycles. The number of hydrogen-bond acceptors (Lipinski definition) is 6. The van der Waals surface area contributed by atoms with Gasteiger partial charge in [0.25, 0.3) is 5.91 Å². The second-order valence-corrected chi connectivity index (χ2v) is 6.53. The van der Waals surface area contributed by atoms with Crippen LogP contribution in [0.4, 0.5) is 0 Å². The molecule has 9 heteroatoms. The van der Waals surface area contributed by atoms with Crippen LogP contribution in [0.2, 0.25) is 0 Å². The predicted octanol–water partition coefficient (Wildman–Crippen LogP) is -0.441. The van der Waals surface area contributed by atoms with Crippen molar-refractivity contribution in [3.8, 4) is 11.5 Å². The maximum absolute atomic E-state index is 12.8. The Labute approximate surface area is 156 Å². The molecular weight excluding hydrogens is 354 g/mol. The average molecular weight is 375 g/mol. The van der Waals surface area contributed by atoms with E-state index in [9.17, 15) is 14.4 Å². The van der Waals surface area contributed by atoms with Crippen molar-refractivity contribution < 1.29 is 28.6 Å². The molecule has 1 aromatic carbocycles. The molecule has 9 nitrogen and oxygen atoms in total. The largest absolute Gasteiger partial charge is 0.454 e. The lowest BCUT2D eigenvalue weighted by molar-refractivity contribution is -0.154. The molecule has 0 spiro atoms. The molecule has 4 rings (SSSR count). The van der Waals surface area contributed by atoms with Crippen molar-refractivity contribution in [3.63, 3.8) is 0 Å². The Kier molecular flexibility index (Phi) is 4.85. The number of rotatable bonds is 1. The van der Waals surface area contributed by atoms with Crippen LogP contribution < -0.4 is 9.47 Å². The quantitative estimate of drug-likeness (QED) is 0.619. The van der Waals surface area contributed by atoms with Gasteiger partial charge in [0.2, 0.25) is 6.79 Å². The van der Waals surface area contributed by atoms with E-state index in [2.05, 4.69) is 0 Å². The summed E-state index contributed by atoms with van der Waals surface area (Å²) in [6, 6.07) is 5.21. The van der Waals surface area contributed by atoms with E-state index in [1.807, 2.05) is 0 Å². The van der Waals surface area contributed by atoms with E-state index in [4.69, 9.17) is 14.2 Å². The number of hydrogen-bond donors (Lipinski definition) is 0. The molecule has 0 aliphatic carbocycles. The van der Waals surface area contributed by atoms with Crippen LogP contribution in [0.25, 0.3) is 0 Å². The first kappa shape index (κ1) is 17.6. The number of fused-ring (bicyclic) bond motifs is 1. The van der Waals surface area contributed by atoms with E-state index in [1.165, 1.54) is 9.80 Å². The van der Waals surface area contributed by atoms with Gasteiger partial charge in [0, 0.05) is 39.3 Å². The Hall–Kier alpha value is -2.81. The highest BCUT2D eigenvalue weighted by Gasteiger charge is 2.33. The zero-order valence-electron chi connectivity index (χ0n) is 14.9. The van der Waals surface area contributed by atoms with E-state index in [0.717, 1.165) is 0 Å². The molecular formula is C18H21N3O6. The van der Waals surface area contributed by atoms with Crippen molar-refractivity contribution in [1.82, 2.24) is 14.7 Å². The van der Waals surface area contributed by atoms with Gasteiger partial charge in [-0.2, -0.15) is 0 Å². The van der Waals surface area contributed by atoms with Gasteiger partial charge >= 0.3 is 11.8 Å². The standard InChI is InChI=1S/C18H21N3O6/c22-16(13-2-1-3-14-15(13)27-12-26-14)19-4-6-20(7-5-19)17(23)18(24)21-8-10-25-11-9-21/h1-3H,4-12H2. The number of piperazine rings is 1. The third kappa shape index (κ3) is 3.42. The predicted molar refractivity (Wildman–Crippen MR) is 92.4 cm³/mol. The summed E-state index contributed by atoms with van der Waals surface area (Å²) in [4.78, 5) is 42.3. The maximum Gasteiger partial charge on any atom is 0.312 e. The van der Waals surface area contributed by atoms with E-state index in [-0.39, 0.29) is 12.7 Å². The number of amides is 3. The molecule has 0 unspecified atom stereocenters. The topological polar surface area (TPSA) is 88.6 Å². The van der Waals surface area contributed by atoms with E-state index < -0.39 is 11.8 Å². The first-order chi connectivity index (χ1) is 13.1. The smallest absolute Gasteiger partial charge is 0.312 e. The number of para-hydroxylation sites is 1. The average Bonchev–Trinajstić information content (AvgIpc) is 3.22. The highest BCUT2D eigenvalue weighted by Crippen LogP contribution is 2.36. The van der Waals surface area contributed by atoms with Crippen molar-refractivity contribution in [2.75, 3.05) is 59.3 Å². The third-order valence-corrected chi connectivity index (χ3v) is 4.96. The van der Waals surface area contributed by atoms with Gasteiger partial charge in [-0.3, -0.25) is 14.4 Å². The molecule has 2 fully saturated rings. The normalized spacial score (nSPS) is 19.2. The zero-order chi connectivity index (χ0) is 18.8. The van der Waals surface area contributed by atoms with Crippen molar-refractivity contribution in [2.45, 2.75) is 0 Å². The summed E-state index contributed by atoms with van der Waals surface area (Å²) in [6.45, 7) is 3.26. The second kappa shape index (κ2) is 7.43. The van der Waals surface area contributed by atoms with E-state index in [0.29, 0.717) is 69.5 Å². The summed E-state index contributed by atoms with van der Waals surface area (Å²) < 4.78 is 15.9. The molecule has 0 saturated carbocycles. The molecule has 0 atom stereocenters. The van der Waals surface area contributed by atoms with Crippen LogP contribution in [-0.2, 0) is 14.3 Å². The number of carbonyl (C=O) groups is 3. The number of nitrogens with zero attached hydrogens (tertiary/aromatic N) is 3. The Morgan fingerprint density at radius 3 is 2.11 bits per heavy atom. The fraction of sp³-hybridized carbons (Fsp3) is 0.500.